The molecule has 1 fully saturated rings. The van der Waals surface area contributed by atoms with Crippen LogP contribution in [0.1, 0.15) is 24.6 Å². The van der Waals surface area contributed by atoms with Crippen LogP contribution in [-0.2, 0) is 16.6 Å². The number of likely N-dealkylation sites (N-methyl/N-ethyl adjacent to an activating group) is 1. The number of sulfonamides is 1. The first-order valence-corrected chi connectivity index (χ1v) is 8.85. The van der Waals surface area contributed by atoms with Crippen molar-refractivity contribution in [2.45, 2.75) is 37.3 Å². The molecule has 0 aromatic carbocycles. The second-order valence-corrected chi connectivity index (χ2v) is 7.45. The van der Waals surface area contributed by atoms with Gasteiger partial charge in [0, 0.05) is 22.8 Å². The summed E-state index contributed by atoms with van der Waals surface area (Å²) in [5, 5.41) is 10.5. The average Bonchev–Trinajstić information content (AvgIpc) is 3.05. The molecule has 0 bridgehead atoms. The topological polar surface area (TPSA) is 69.6 Å². The molecular formula is C12H20N2O3S2. The van der Waals surface area contributed by atoms with Crippen molar-refractivity contribution in [3.63, 3.8) is 0 Å². The van der Waals surface area contributed by atoms with Crippen molar-refractivity contribution < 1.29 is 13.5 Å². The molecule has 0 saturated carbocycles. The molecule has 1 aliphatic rings. The molecule has 2 N–H and O–H groups in total. The van der Waals surface area contributed by atoms with Crippen molar-refractivity contribution in [2.24, 2.45) is 0 Å². The maximum absolute atomic E-state index is 12.1. The van der Waals surface area contributed by atoms with Gasteiger partial charge in [-0.2, -0.15) is 0 Å². The first-order chi connectivity index (χ1) is 9.06. The van der Waals surface area contributed by atoms with Crippen LogP contribution in [0.2, 0.25) is 0 Å². The highest BCUT2D eigenvalue weighted by Crippen LogP contribution is 2.20. The third-order valence-electron chi connectivity index (χ3n) is 3.51. The zero-order valence-electron chi connectivity index (χ0n) is 11.0. The minimum Gasteiger partial charge on any atom is -0.391 e. The number of hydrogen-bond donors (Lipinski definition) is 2. The first kappa shape index (κ1) is 14.9. The van der Waals surface area contributed by atoms with Crippen molar-refractivity contribution in [3.8, 4) is 0 Å². The van der Waals surface area contributed by atoms with Gasteiger partial charge in [0.1, 0.15) is 0 Å². The Hall–Kier alpha value is -0.470. The summed E-state index contributed by atoms with van der Waals surface area (Å²) in [6, 6.07) is 1.83. The van der Waals surface area contributed by atoms with Crippen LogP contribution < -0.4 is 4.72 Å². The van der Waals surface area contributed by atoms with Gasteiger partial charge >= 0.3 is 0 Å². The summed E-state index contributed by atoms with van der Waals surface area (Å²) in [4.78, 5) is 3.22. The number of likely N-dealkylation sites (tertiary alicyclic amines) is 1. The van der Waals surface area contributed by atoms with Crippen molar-refractivity contribution in [1.29, 1.82) is 0 Å². The highest BCUT2D eigenvalue weighted by molar-refractivity contribution is 7.89. The van der Waals surface area contributed by atoms with E-state index in [1.807, 2.05) is 0 Å². The molecule has 19 heavy (non-hydrogen) atoms. The average molecular weight is 304 g/mol. The Morgan fingerprint density at radius 2 is 2.37 bits per heavy atom. The van der Waals surface area contributed by atoms with Crippen molar-refractivity contribution in [3.05, 3.63) is 16.3 Å². The lowest BCUT2D eigenvalue weighted by atomic mass is 10.2. The standard InChI is InChI=1S/C12H20N2O3S2/c1-2-14-5-3-4-10(14)7-13-19(16,17)12-6-11(8-15)18-9-12/h6,9-10,13,15H,2-5,7-8H2,1H3. The van der Waals surface area contributed by atoms with Crippen LogP contribution in [0.3, 0.4) is 0 Å². The van der Waals surface area contributed by atoms with Gasteiger partial charge in [0.25, 0.3) is 0 Å². The molecule has 1 unspecified atom stereocenters. The third-order valence-corrected chi connectivity index (χ3v) is 5.98. The predicted octanol–water partition coefficient (Wildman–Crippen LogP) is 1.00. The fraction of sp³-hybridized carbons (Fsp3) is 0.667. The number of rotatable bonds is 6. The van der Waals surface area contributed by atoms with Crippen LogP contribution in [0.25, 0.3) is 0 Å². The van der Waals surface area contributed by atoms with Gasteiger partial charge in [-0.3, -0.25) is 4.90 Å². The van der Waals surface area contributed by atoms with Crippen molar-refractivity contribution >= 4 is 21.4 Å². The molecule has 1 atom stereocenters. The lowest BCUT2D eigenvalue weighted by Crippen LogP contribution is -2.39. The van der Waals surface area contributed by atoms with Crippen LogP contribution in [0.15, 0.2) is 16.3 Å². The van der Waals surface area contributed by atoms with Crippen molar-refractivity contribution in [2.75, 3.05) is 19.6 Å². The monoisotopic (exact) mass is 304 g/mol. The second-order valence-electron chi connectivity index (χ2n) is 4.68. The van der Waals surface area contributed by atoms with E-state index >= 15 is 0 Å². The SMILES string of the molecule is CCN1CCCC1CNS(=O)(=O)c1csc(CO)c1. The van der Waals surface area contributed by atoms with E-state index < -0.39 is 10.0 Å². The fourth-order valence-electron chi connectivity index (χ4n) is 2.42. The number of aliphatic hydroxyl groups excluding tert-OH is 1. The lowest BCUT2D eigenvalue weighted by Gasteiger charge is -2.22. The zero-order chi connectivity index (χ0) is 13.9. The summed E-state index contributed by atoms with van der Waals surface area (Å²) in [6.45, 7) is 4.45. The zero-order valence-corrected chi connectivity index (χ0v) is 12.6. The number of thiophene rings is 1. The Labute approximate surface area is 118 Å². The molecule has 5 nitrogen and oxygen atoms in total. The maximum Gasteiger partial charge on any atom is 0.241 e. The predicted molar refractivity (Wildman–Crippen MR) is 75.7 cm³/mol. The molecule has 0 spiro atoms. The van der Waals surface area contributed by atoms with E-state index in [1.165, 1.54) is 17.4 Å². The Balaban J connectivity index is 1.97. The summed E-state index contributed by atoms with van der Waals surface area (Å²) < 4.78 is 26.9. The molecule has 1 aromatic rings. The number of nitrogens with zero attached hydrogens (tertiary/aromatic N) is 1. The minimum absolute atomic E-state index is 0.119. The third kappa shape index (κ3) is 3.55. The van der Waals surface area contributed by atoms with E-state index in [0.29, 0.717) is 17.5 Å². The smallest absolute Gasteiger partial charge is 0.241 e. The van der Waals surface area contributed by atoms with Gasteiger partial charge in [-0.05, 0) is 32.0 Å². The number of hydrogen-bond acceptors (Lipinski definition) is 5. The maximum atomic E-state index is 12.1. The van der Waals surface area contributed by atoms with E-state index in [-0.39, 0.29) is 11.5 Å². The highest BCUT2D eigenvalue weighted by Gasteiger charge is 2.25. The van der Waals surface area contributed by atoms with Crippen LogP contribution in [0.4, 0.5) is 0 Å². The Morgan fingerprint density at radius 3 is 3.00 bits per heavy atom. The van der Waals surface area contributed by atoms with Gasteiger partial charge in [-0.1, -0.05) is 6.92 Å². The van der Waals surface area contributed by atoms with Crippen LogP contribution in [-0.4, -0.2) is 44.1 Å². The van der Waals surface area contributed by atoms with Gasteiger partial charge < -0.3 is 5.11 Å². The summed E-state index contributed by atoms with van der Waals surface area (Å²) >= 11 is 1.26. The van der Waals surface area contributed by atoms with Crippen LogP contribution in [0.5, 0.6) is 0 Å². The Morgan fingerprint density at radius 1 is 1.58 bits per heavy atom. The van der Waals surface area contributed by atoms with E-state index in [2.05, 4.69) is 16.5 Å². The molecule has 1 aliphatic heterocycles. The first-order valence-electron chi connectivity index (χ1n) is 6.49. The van der Waals surface area contributed by atoms with Crippen molar-refractivity contribution in [1.82, 2.24) is 9.62 Å². The second kappa shape index (κ2) is 6.32. The summed E-state index contributed by atoms with van der Waals surface area (Å²) in [5.74, 6) is 0. The molecule has 1 saturated heterocycles. The molecular weight excluding hydrogens is 284 g/mol. The molecule has 7 heteroatoms. The normalized spacial score (nSPS) is 21.1. The number of aliphatic hydroxyl groups is 1. The van der Waals surface area contributed by atoms with E-state index in [4.69, 9.17) is 5.11 Å². The quantitative estimate of drug-likeness (QED) is 0.823. The van der Waals surface area contributed by atoms with Gasteiger partial charge in [-0.25, -0.2) is 13.1 Å². The van der Waals surface area contributed by atoms with Gasteiger partial charge in [0.05, 0.1) is 11.5 Å². The Bertz CT molecular complexity index is 513. The van der Waals surface area contributed by atoms with Gasteiger partial charge in [0.2, 0.25) is 10.0 Å². The van der Waals surface area contributed by atoms with Crippen LogP contribution in [0, 0.1) is 0 Å². The number of nitrogens with one attached hydrogen (secondary N) is 1. The van der Waals surface area contributed by atoms with Gasteiger partial charge in [0.15, 0.2) is 0 Å². The summed E-state index contributed by atoms with van der Waals surface area (Å²) in [5.41, 5.74) is 0. The van der Waals surface area contributed by atoms with E-state index in [0.717, 1.165) is 25.9 Å². The molecule has 2 heterocycles. The van der Waals surface area contributed by atoms with E-state index in [1.54, 1.807) is 5.38 Å². The minimum atomic E-state index is -3.45. The summed E-state index contributed by atoms with van der Waals surface area (Å²) in [7, 11) is -3.45. The molecule has 0 amide bonds. The molecule has 2 rings (SSSR count). The largest absolute Gasteiger partial charge is 0.391 e. The fourth-order valence-corrected chi connectivity index (χ4v) is 4.62. The van der Waals surface area contributed by atoms with Crippen LogP contribution >= 0.6 is 11.3 Å². The van der Waals surface area contributed by atoms with Gasteiger partial charge in [-0.15, -0.1) is 11.3 Å². The summed E-state index contributed by atoms with van der Waals surface area (Å²) in [6.07, 6.45) is 2.18. The molecule has 108 valence electrons. The lowest BCUT2D eigenvalue weighted by molar-refractivity contribution is 0.268. The molecule has 1 aromatic heterocycles. The molecule has 0 aliphatic carbocycles. The van der Waals surface area contributed by atoms with E-state index in [9.17, 15) is 8.42 Å². The highest BCUT2D eigenvalue weighted by atomic mass is 32.2. The Kier molecular flexibility index (Phi) is 4.97. The molecule has 0 radical (unpaired) electrons.